The lowest BCUT2D eigenvalue weighted by atomic mass is 10.1. The molecule has 0 heterocycles. The molecule has 2 rings (SSSR count). The highest BCUT2D eigenvalue weighted by Gasteiger charge is 2.25. The molecule has 0 aliphatic heterocycles. The third-order valence-corrected chi connectivity index (χ3v) is 5.83. The Morgan fingerprint density at radius 3 is 2.36 bits per heavy atom. The van der Waals surface area contributed by atoms with Crippen LogP contribution in [-0.4, -0.2) is 25.9 Å². The number of aromatic hydroxyl groups is 1. The zero-order valence-electron chi connectivity index (χ0n) is 14.5. The number of aryl methyl sites for hydroxylation is 1. The standard InChI is InChI=1S/C19H24ClNO3S/c1-15(2)14-21(17-6-3-7-18(22)13-17)25(23,24)19-10-8-16(9-11-19)5-4-12-20/h3,6-11,13,15,22H,4-5,12,14H2,1-2H3. The Labute approximate surface area is 155 Å². The Bertz CT molecular complexity index is 789. The van der Waals surface area contributed by atoms with Gasteiger partial charge >= 0.3 is 0 Å². The molecule has 4 nitrogen and oxygen atoms in total. The van der Waals surface area contributed by atoms with Gasteiger partial charge in [-0.15, -0.1) is 11.6 Å². The molecule has 0 saturated carbocycles. The van der Waals surface area contributed by atoms with E-state index in [4.69, 9.17) is 11.6 Å². The van der Waals surface area contributed by atoms with Crippen LogP contribution in [-0.2, 0) is 16.4 Å². The van der Waals surface area contributed by atoms with E-state index in [2.05, 4.69) is 0 Å². The van der Waals surface area contributed by atoms with E-state index in [1.807, 2.05) is 26.0 Å². The van der Waals surface area contributed by atoms with Crippen molar-refractivity contribution in [2.24, 2.45) is 5.92 Å². The van der Waals surface area contributed by atoms with Crippen molar-refractivity contribution in [1.29, 1.82) is 0 Å². The first-order chi connectivity index (χ1) is 11.8. The molecule has 0 aromatic heterocycles. The molecule has 0 radical (unpaired) electrons. The summed E-state index contributed by atoms with van der Waals surface area (Å²) in [5.74, 6) is 0.762. The van der Waals surface area contributed by atoms with E-state index in [0.717, 1.165) is 18.4 Å². The number of anilines is 1. The van der Waals surface area contributed by atoms with E-state index < -0.39 is 10.0 Å². The van der Waals surface area contributed by atoms with Gasteiger partial charge in [0.1, 0.15) is 5.75 Å². The molecule has 2 aromatic rings. The van der Waals surface area contributed by atoms with Gasteiger partial charge in [0.05, 0.1) is 10.6 Å². The van der Waals surface area contributed by atoms with E-state index in [0.29, 0.717) is 18.1 Å². The van der Waals surface area contributed by atoms with E-state index in [-0.39, 0.29) is 16.6 Å². The molecule has 1 N–H and O–H groups in total. The zero-order valence-corrected chi connectivity index (χ0v) is 16.1. The summed E-state index contributed by atoms with van der Waals surface area (Å²) >= 11 is 5.70. The van der Waals surface area contributed by atoms with E-state index in [9.17, 15) is 13.5 Å². The lowest BCUT2D eigenvalue weighted by Crippen LogP contribution is -2.34. The Hall–Kier alpha value is -1.72. The molecule has 6 heteroatoms. The predicted octanol–water partition coefficient (Wildman–Crippen LogP) is 4.41. The average molecular weight is 382 g/mol. The molecule has 0 saturated heterocycles. The van der Waals surface area contributed by atoms with Crippen molar-refractivity contribution in [2.75, 3.05) is 16.7 Å². The molecule has 0 unspecified atom stereocenters. The topological polar surface area (TPSA) is 57.6 Å². The third-order valence-electron chi connectivity index (χ3n) is 3.76. The van der Waals surface area contributed by atoms with Crippen molar-refractivity contribution < 1.29 is 13.5 Å². The minimum absolute atomic E-state index is 0.0397. The summed E-state index contributed by atoms with van der Waals surface area (Å²) in [5.41, 5.74) is 1.52. The number of phenols is 1. The molecule has 0 spiro atoms. The SMILES string of the molecule is CC(C)CN(c1cccc(O)c1)S(=O)(=O)c1ccc(CCCCl)cc1. The number of rotatable bonds is 8. The van der Waals surface area contributed by atoms with Crippen molar-refractivity contribution in [3.63, 3.8) is 0 Å². The Balaban J connectivity index is 2.37. The number of nitrogens with zero attached hydrogens (tertiary/aromatic N) is 1. The van der Waals surface area contributed by atoms with Crippen LogP contribution in [0, 0.1) is 5.92 Å². The third kappa shape index (κ3) is 5.13. The largest absolute Gasteiger partial charge is 0.508 e. The van der Waals surface area contributed by atoms with Gasteiger partial charge in [-0.25, -0.2) is 8.42 Å². The second kappa shape index (κ2) is 8.59. The van der Waals surface area contributed by atoms with Crippen molar-refractivity contribution in [3.05, 3.63) is 54.1 Å². The zero-order chi connectivity index (χ0) is 18.4. The number of hydrogen-bond acceptors (Lipinski definition) is 3. The molecular weight excluding hydrogens is 358 g/mol. The van der Waals surface area contributed by atoms with Gasteiger partial charge in [0.25, 0.3) is 10.0 Å². The molecule has 0 aliphatic rings. The highest BCUT2D eigenvalue weighted by atomic mass is 35.5. The maximum absolute atomic E-state index is 13.1. The quantitative estimate of drug-likeness (QED) is 0.689. The van der Waals surface area contributed by atoms with Gasteiger partial charge in [-0.3, -0.25) is 4.31 Å². The fourth-order valence-electron chi connectivity index (χ4n) is 2.55. The first-order valence-electron chi connectivity index (χ1n) is 8.31. The number of phenolic OH excluding ortho intramolecular Hbond substituents is 1. The lowest BCUT2D eigenvalue weighted by Gasteiger charge is -2.26. The number of hydrogen-bond donors (Lipinski definition) is 1. The number of sulfonamides is 1. The predicted molar refractivity (Wildman–Crippen MR) is 103 cm³/mol. The average Bonchev–Trinajstić information content (AvgIpc) is 2.58. The molecular formula is C19H24ClNO3S. The Kier molecular flexibility index (Phi) is 6.73. The van der Waals surface area contributed by atoms with Crippen LogP contribution in [0.15, 0.2) is 53.4 Å². The fourth-order valence-corrected chi connectivity index (χ4v) is 4.30. The van der Waals surface area contributed by atoms with Crippen LogP contribution in [0.1, 0.15) is 25.8 Å². The van der Waals surface area contributed by atoms with E-state index >= 15 is 0 Å². The van der Waals surface area contributed by atoms with Crippen LogP contribution in [0.4, 0.5) is 5.69 Å². The summed E-state index contributed by atoms with van der Waals surface area (Å²) in [6.45, 7) is 4.25. The summed E-state index contributed by atoms with van der Waals surface area (Å²) in [5, 5.41) is 9.72. The number of halogens is 1. The molecule has 0 aliphatic carbocycles. The number of benzene rings is 2. The van der Waals surface area contributed by atoms with Gasteiger partial charge in [-0.1, -0.05) is 32.0 Å². The van der Waals surface area contributed by atoms with Crippen molar-refractivity contribution in [2.45, 2.75) is 31.6 Å². The van der Waals surface area contributed by atoms with Gasteiger partial charge < -0.3 is 5.11 Å². The first kappa shape index (κ1) is 19.6. The van der Waals surface area contributed by atoms with Gasteiger partial charge in [0, 0.05) is 18.5 Å². The molecule has 2 aromatic carbocycles. The van der Waals surface area contributed by atoms with Crippen molar-refractivity contribution in [3.8, 4) is 5.75 Å². The van der Waals surface area contributed by atoms with Gasteiger partial charge in [-0.05, 0) is 48.6 Å². The molecule has 0 amide bonds. The van der Waals surface area contributed by atoms with Gasteiger partial charge in [0.2, 0.25) is 0 Å². The minimum atomic E-state index is -3.71. The summed E-state index contributed by atoms with van der Waals surface area (Å²) in [6.07, 6.45) is 1.68. The summed E-state index contributed by atoms with van der Waals surface area (Å²) in [7, 11) is -3.71. The van der Waals surface area contributed by atoms with Crippen LogP contribution < -0.4 is 4.31 Å². The second-order valence-corrected chi connectivity index (χ2v) is 8.63. The van der Waals surface area contributed by atoms with E-state index in [1.54, 1.807) is 24.3 Å². The van der Waals surface area contributed by atoms with Gasteiger partial charge in [0.15, 0.2) is 0 Å². The minimum Gasteiger partial charge on any atom is -0.508 e. The molecule has 0 bridgehead atoms. The van der Waals surface area contributed by atoms with Crippen LogP contribution in [0.5, 0.6) is 5.75 Å². The summed E-state index contributed by atoms with van der Waals surface area (Å²) in [4.78, 5) is 0.242. The van der Waals surface area contributed by atoms with E-state index in [1.165, 1.54) is 16.4 Å². The van der Waals surface area contributed by atoms with Crippen LogP contribution in [0.3, 0.4) is 0 Å². The highest BCUT2D eigenvalue weighted by Crippen LogP contribution is 2.27. The lowest BCUT2D eigenvalue weighted by molar-refractivity contribution is 0.475. The van der Waals surface area contributed by atoms with Crippen LogP contribution >= 0.6 is 11.6 Å². The smallest absolute Gasteiger partial charge is 0.264 e. The summed E-state index contributed by atoms with van der Waals surface area (Å²) < 4.78 is 27.6. The maximum atomic E-state index is 13.1. The molecule has 25 heavy (non-hydrogen) atoms. The first-order valence-corrected chi connectivity index (χ1v) is 10.3. The monoisotopic (exact) mass is 381 g/mol. The molecule has 0 atom stereocenters. The Morgan fingerprint density at radius 1 is 1.12 bits per heavy atom. The number of alkyl halides is 1. The van der Waals surface area contributed by atoms with Crippen LogP contribution in [0.25, 0.3) is 0 Å². The molecule has 136 valence electrons. The van der Waals surface area contributed by atoms with Crippen molar-refractivity contribution >= 4 is 27.3 Å². The molecule has 0 fully saturated rings. The fraction of sp³-hybridized carbons (Fsp3) is 0.368. The van der Waals surface area contributed by atoms with Crippen LogP contribution in [0.2, 0.25) is 0 Å². The normalized spacial score (nSPS) is 11.7. The second-order valence-electron chi connectivity index (χ2n) is 6.39. The van der Waals surface area contributed by atoms with Gasteiger partial charge in [-0.2, -0.15) is 0 Å². The highest BCUT2D eigenvalue weighted by molar-refractivity contribution is 7.92. The maximum Gasteiger partial charge on any atom is 0.264 e. The summed E-state index contributed by atoms with van der Waals surface area (Å²) in [6, 6.07) is 13.2. The Morgan fingerprint density at radius 2 is 1.80 bits per heavy atom. The van der Waals surface area contributed by atoms with Crippen molar-refractivity contribution in [1.82, 2.24) is 0 Å².